The van der Waals surface area contributed by atoms with E-state index in [1.54, 1.807) is 19.2 Å². The molecule has 0 aromatic heterocycles. The quantitative estimate of drug-likeness (QED) is 0.492. The van der Waals surface area contributed by atoms with Gasteiger partial charge in [0.05, 0.1) is 18.9 Å². The van der Waals surface area contributed by atoms with Gasteiger partial charge in [-0.05, 0) is 47.4 Å². The number of hydrogen-bond acceptors (Lipinski definition) is 4. The third kappa shape index (κ3) is 6.32. The van der Waals surface area contributed by atoms with Crippen LogP contribution in [0.15, 0.2) is 84.0 Å². The molecule has 6 nitrogen and oxygen atoms in total. The number of benzene rings is 3. The van der Waals surface area contributed by atoms with Crippen molar-refractivity contribution in [2.24, 2.45) is 5.10 Å². The smallest absolute Gasteiger partial charge is 0.243 e. The molecule has 0 aliphatic carbocycles. The number of halogens is 1. The van der Waals surface area contributed by atoms with Gasteiger partial charge in [0.25, 0.3) is 0 Å². The van der Waals surface area contributed by atoms with E-state index in [4.69, 9.17) is 4.74 Å². The fourth-order valence-electron chi connectivity index (χ4n) is 4.05. The molecule has 2 amide bonds. The van der Waals surface area contributed by atoms with Crippen molar-refractivity contribution in [1.29, 1.82) is 0 Å². The van der Waals surface area contributed by atoms with Crippen LogP contribution in [-0.4, -0.2) is 36.2 Å². The zero-order valence-electron chi connectivity index (χ0n) is 19.6. The third-order valence-corrected chi connectivity index (χ3v) is 5.99. The summed E-state index contributed by atoms with van der Waals surface area (Å²) in [6, 6.07) is 23.3. The summed E-state index contributed by atoms with van der Waals surface area (Å²) in [4.78, 5) is 25.5. The molecule has 7 heteroatoms. The Balaban J connectivity index is 1.38. The zero-order chi connectivity index (χ0) is 24.6. The lowest BCUT2D eigenvalue weighted by atomic mass is 9.98. The summed E-state index contributed by atoms with van der Waals surface area (Å²) < 4.78 is 18.3. The molecule has 0 spiro atoms. The number of rotatable bonds is 9. The average molecular weight is 474 g/mol. The number of nitrogens with zero attached hydrogens (tertiary/aromatic N) is 2. The summed E-state index contributed by atoms with van der Waals surface area (Å²) in [7, 11) is 1.61. The van der Waals surface area contributed by atoms with Gasteiger partial charge in [-0.15, -0.1) is 0 Å². The molecule has 3 aromatic carbocycles. The van der Waals surface area contributed by atoms with Crippen molar-refractivity contribution in [3.8, 4) is 5.75 Å². The Kier molecular flexibility index (Phi) is 7.88. The Hall–Kier alpha value is -4.00. The monoisotopic (exact) mass is 473 g/mol. The minimum atomic E-state index is -0.288. The second kappa shape index (κ2) is 11.4. The predicted molar refractivity (Wildman–Crippen MR) is 133 cm³/mol. The van der Waals surface area contributed by atoms with Gasteiger partial charge in [0.15, 0.2) is 0 Å². The van der Waals surface area contributed by atoms with Crippen LogP contribution in [0.5, 0.6) is 5.75 Å². The van der Waals surface area contributed by atoms with Crippen molar-refractivity contribution in [3.05, 3.63) is 101 Å². The van der Waals surface area contributed by atoms with E-state index in [1.807, 2.05) is 54.6 Å². The van der Waals surface area contributed by atoms with E-state index >= 15 is 0 Å². The highest BCUT2D eigenvalue weighted by Gasteiger charge is 2.33. The second-order valence-electron chi connectivity index (χ2n) is 8.37. The van der Waals surface area contributed by atoms with Crippen molar-refractivity contribution < 1.29 is 18.7 Å². The molecular weight excluding hydrogens is 445 g/mol. The van der Waals surface area contributed by atoms with Crippen molar-refractivity contribution in [2.45, 2.75) is 31.7 Å². The minimum Gasteiger partial charge on any atom is -0.497 e. The van der Waals surface area contributed by atoms with Gasteiger partial charge in [-0.25, -0.2) is 9.40 Å². The fourth-order valence-corrected chi connectivity index (χ4v) is 4.05. The first-order valence-corrected chi connectivity index (χ1v) is 11.6. The van der Waals surface area contributed by atoms with E-state index in [2.05, 4.69) is 10.4 Å². The van der Waals surface area contributed by atoms with E-state index in [0.29, 0.717) is 19.4 Å². The summed E-state index contributed by atoms with van der Waals surface area (Å²) in [6.45, 7) is 0.424. The first kappa shape index (κ1) is 24.1. The molecule has 1 heterocycles. The number of nitrogens with one attached hydrogen (secondary N) is 1. The highest BCUT2D eigenvalue weighted by Crippen LogP contribution is 2.34. The maximum absolute atomic E-state index is 13.1. The summed E-state index contributed by atoms with van der Waals surface area (Å²) in [6.07, 6.45) is 1.31. The molecule has 4 rings (SSSR count). The van der Waals surface area contributed by atoms with Crippen LogP contribution >= 0.6 is 0 Å². The van der Waals surface area contributed by atoms with Gasteiger partial charge in [0.2, 0.25) is 11.8 Å². The van der Waals surface area contributed by atoms with Gasteiger partial charge in [-0.2, -0.15) is 5.10 Å². The van der Waals surface area contributed by atoms with Crippen molar-refractivity contribution in [2.75, 3.05) is 13.7 Å². The lowest BCUT2D eigenvalue weighted by Gasteiger charge is -2.22. The average Bonchev–Trinajstić information content (AvgIpc) is 3.35. The van der Waals surface area contributed by atoms with Gasteiger partial charge in [0.1, 0.15) is 11.6 Å². The molecule has 3 aromatic rings. The van der Waals surface area contributed by atoms with Crippen LogP contribution < -0.4 is 10.1 Å². The van der Waals surface area contributed by atoms with Crippen molar-refractivity contribution in [1.82, 2.24) is 10.3 Å². The molecule has 35 heavy (non-hydrogen) atoms. The highest BCUT2D eigenvalue weighted by molar-refractivity contribution is 6.03. The first-order valence-electron chi connectivity index (χ1n) is 11.6. The Morgan fingerprint density at radius 3 is 2.40 bits per heavy atom. The largest absolute Gasteiger partial charge is 0.497 e. The molecule has 1 aliphatic heterocycles. The third-order valence-electron chi connectivity index (χ3n) is 5.99. The van der Waals surface area contributed by atoms with Crippen LogP contribution in [0.4, 0.5) is 4.39 Å². The molecule has 1 N–H and O–H groups in total. The molecule has 1 aliphatic rings. The molecule has 0 saturated heterocycles. The molecule has 180 valence electrons. The molecule has 0 bridgehead atoms. The number of hydrazone groups is 1. The molecule has 0 fully saturated rings. The summed E-state index contributed by atoms with van der Waals surface area (Å²) in [5.74, 6) is 0.0497. The van der Waals surface area contributed by atoms with E-state index in [9.17, 15) is 14.0 Å². The zero-order valence-corrected chi connectivity index (χ0v) is 19.6. The van der Waals surface area contributed by atoms with Gasteiger partial charge in [-0.3, -0.25) is 9.59 Å². The minimum absolute atomic E-state index is 0.0562. The predicted octanol–water partition coefficient (Wildman–Crippen LogP) is 4.65. The van der Waals surface area contributed by atoms with Crippen LogP contribution in [0.1, 0.15) is 42.0 Å². The normalized spacial score (nSPS) is 15.0. The van der Waals surface area contributed by atoms with Crippen LogP contribution in [0.2, 0.25) is 0 Å². The molecule has 1 atom stereocenters. The van der Waals surface area contributed by atoms with Gasteiger partial charge in [0, 0.05) is 25.8 Å². The van der Waals surface area contributed by atoms with Crippen molar-refractivity contribution >= 4 is 17.5 Å². The fraction of sp³-hybridized carbons (Fsp3) is 0.250. The second-order valence-corrected chi connectivity index (χ2v) is 8.37. The molecule has 0 saturated carbocycles. The first-order chi connectivity index (χ1) is 17.0. The lowest BCUT2D eigenvalue weighted by molar-refractivity contribution is -0.135. The van der Waals surface area contributed by atoms with Gasteiger partial charge < -0.3 is 10.1 Å². The lowest BCUT2D eigenvalue weighted by Crippen LogP contribution is -2.30. The summed E-state index contributed by atoms with van der Waals surface area (Å²) >= 11 is 0. The van der Waals surface area contributed by atoms with E-state index in [0.717, 1.165) is 28.2 Å². The van der Waals surface area contributed by atoms with Crippen LogP contribution in [0.3, 0.4) is 0 Å². The number of amides is 2. The van der Waals surface area contributed by atoms with Crippen LogP contribution in [-0.2, 0) is 16.0 Å². The summed E-state index contributed by atoms with van der Waals surface area (Å²) in [5.41, 5.74) is 3.70. The highest BCUT2D eigenvalue weighted by atomic mass is 19.1. The Bertz CT molecular complexity index is 1180. The van der Waals surface area contributed by atoms with Gasteiger partial charge in [-0.1, -0.05) is 54.6 Å². The summed E-state index contributed by atoms with van der Waals surface area (Å²) in [5, 5.41) is 8.99. The Labute approximate surface area is 204 Å². The van der Waals surface area contributed by atoms with E-state index in [-0.39, 0.29) is 36.5 Å². The Morgan fingerprint density at radius 1 is 1.00 bits per heavy atom. The van der Waals surface area contributed by atoms with E-state index < -0.39 is 0 Å². The van der Waals surface area contributed by atoms with Crippen LogP contribution in [0.25, 0.3) is 0 Å². The van der Waals surface area contributed by atoms with Crippen LogP contribution in [0, 0.1) is 5.82 Å². The topological polar surface area (TPSA) is 71.0 Å². The van der Waals surface area contributed by atoms with Gasteiger partial charge >= 0.3 is 0 Å². The van der Waals surface area contributed by atoms with E-state index in [1.165, 1.54) is 17.1 Å². The molecular formula is C28H28FN3O3. The maximum Gasteiger partial charge on any atom is 0.243 e. The maximum atomic E-state index is 13.1. The SMILES string of the molecule is COc1ccc(C2CC(c3ccccc3)=NN2C(=O)CCC(=O)NCCc2ccc(F)cc2)cc1. The number of carbonyl (C=O) groups is 2. The van der Waals surface area contributed by atoms with Crippen molar-refractivity contribution in [3.63, 3.8) is 0 Å². The Morgan fingerprint density at radius 2 is 1.71 bits per heavy atom. The molecule has 0 radical (unpaired) electrons. The number of hydrogen-bond donors (Lipinski definition) is 1. The number of ether oxygens (including phenoxy) is 1. The number of carbonyl (C=O) groups excluding carboxylic acids is 2. The number of methoxy groups -OCH3 is 1. The standard InChI is InChI=1S/C28H28FN3O3/c1-35-24-13-9-22(10-14-24)26-19-25(21-5-3-2-4-6-21)31-32(26)28(34)16-15-27(33)30-18-17-20-7-11-23(29)12-8-20/h2-14,26H,15-19H2,1H3,(H,30,33). The molecule has 1 unspecified atom stereocenters.